The maximum Gasteiger partial charge on any atom is 0.241 e. The molecule has 4 nitrogen and oxygen atoms in total. The van der Waals surface area contributed by atoms with Gasteiger partial charge in [0.2, 0.25) is 10.0 Å². The minimum absolute atomic E-state index is 0.0668. The van der Waals surface area contributed by atoms with Gasteiger partial charge in [-0.2, -0.15) is 0 Å². The largest absolute Gasteiger partial charge is 0.294 e. The second-order valence-corrected chi connectivity index (χ2v) is 6.84. The first kappa shape index (κ1) is 14.9. The van der Waals surface area contributed by atoms with Crippen LogP contribution in [-0.4, -0.2) is 19.7 Å². The molecule has 0 saturated heterocycles. The first-order valence-corrected chi connectivity index (χ1v) is 7.31. The first-order valence-electron chi connectivity index (χ1n) is 5.83. The van der Waals surface area contributed by atoms with Gasteiger partial charge >= 0.3 is 0 Å². The van der Waals surface area contributed by atoms with Crippen LogP contribution in [0.2, 0.25) is 0 Å². The minimum Gasteiger partial charge on any atom is -0.294 e. The number of ketones is 1. The minimum atomic E-state index is -3.58. The Morgan fingerprint density at radius 1 is 1.28 bits per heavy atom. The summed E-state index contributed by atoms with van der Waals surface area (Å²) in [5.74, 6) is -0.0668. The van der Waals surface area contributed by atoms with Crippen molar-refractivity contribution in [3.8, 4) is 0 Å². The molecule has 100 valence electrons. The molecule has 0 fully saturated rings. The van der Waals surface area contributed by atoms with Crippen molar-refractivity contribution in [1.29, 1.82) is 0 Å². The Balaban J connectivity index is 3.14. The molecule has 1 rings (SSSR count). The number of hydrogen-bond acceptors (Lipinski definition) is 3. The number of sulfonamides is 1. The molecule has 1 aromatic rings. The monoisotopic (exact) mass is 269 g/mol. The molecule has 0 radical (unpaired) electrons. The molecule has 0 saturated carbocycles. The second kappa shape index (κ2) is 5.20. The molecule has 0 unspecified atom stereocenters. The second-order valence-electron chi connectivity index (χ2n) is 5.16. The van der Waals surface area contributed by atoms with Crippen LogP contribution < -0.4 is 4.72 Å². The van der Waals surface area contributed by atoms with Crippen LogP contribution in [0.5, 0.6) is 0 Å². The fourth-order valence-corrected chi connectivity index (χ4v) is 2.97. The van der Waals surface area contributed by atoms with Gasteiger partial charge in [-0.3, -0.25) is 4.79 Å². The standard InChI is InChI=1S/C13H19NO3S/c1-5-12(15)10-7-6-8-11(9-10)18(16,17)14-13(2,3)4/h6-9,14H,5H2,1-4H3. The Morgan fingerprint density at radius 2 is 1.89 bits per heavy atom. The Bertz CT molecular complexity index is 542. The van der Waals surface area contributed by atoms with Gasteiger partial charge in [0.25, 0.3) is 0 Å². The predicted octanol–water partition coefficient (Wildman–Crippen LogP) is 2.36. The Labute approximate surface area is 108 Å². The van der Waals surface area contributed by atoms with Crippen LogP contribution in [0.4, 0.5) is 0 Å². The molecule has 0 aliphatic carbocycles. The number of Topliss-reactive ketones (excluding diaryl/α,β-unsaturated/α-hetero) is 1. The van der Waals surface area contributed by atoms with Gasteiger partial charge < -0.3 is 0 Å². The Morgan fingerprint density at radius 3 is 2.39 bits per heavy atom. The van der Waals surface area contributed by atoms with Crippen LogP contribution in [0.25, 0.3) is 0 Å². The van der Waals surface area contributed by atoms with Crippen molar-refractivity contribution in [1.82, 2.24) is 4.72 Å². The van der Waals surface area contributed by atoms with Crippen LogP contribution in [-0.2, 0) is 10.0 Å². The highest BCUT2D eigenvalue weighted by Gasteiger charge is 2.22. The zero-order valence-electron chi connectivity index (χ0n) is 11.1. The molecular formula is C13H19NO3S. The van der Waals surface area contributed by atoms with Gasteiger partial charge in [0.05, 0.1) is 4.90 Å². The summed E-state index contributed by atoms with van der Waals surface area (Å²) in [5, 5.41) is 0. The van der Waals surface area contributed by atoms with Crippen molar-refractivity contribution >= 4 is 15.8 Å². The summed E-state index contributed by atoms with van der Waals surface area (Å²) in [4.78, 5) is 11.7. The van der Waals surface area contributed by atoms with Crippen molar-refractivity contribution in [2.75, 3.05) is 0 Å². The summed E-state index contributed by atoms with van der Waals surface area (Å²) in [5.41, 5.74) is -0.127. The average molecular weight is 269 g/mol. The molecule has 0 aliphatic heterocycles. The maximum absolute atomic E-state index is 12.1. The zero-order valence-corrected chi connectivity index (χ0v) is 12.0. The molecule has 1 N–H and O–H groups in total. The topological polar surface area (TPSA) is 63.2 Å². The van der Waals surface area contributed by atoms with E-state index in [9.17, 15) is 13.2 Å². The molecule has 1 aromatic carbocycles. The highest BCUT2D eigenvalue weighted by Crippen LogP contribution is 2.15. The highest BCUT2D eigenvalue weighted by molar-refractivity contribution is 7.89. The van der Waals surface area contributed by atoms with E-state index in [4.69, 9.17) is 0 Å². The molecule has 0 heterocycles. The fourth-order valence-electron chi connectivity index (χ4n) is 1.50. The van der Waals surface area contributed by atoms with Gasteiger partial charge in [-0.15, -0.1) is 0 Å². The van der Waals surface area contributed by atoms with Crippen molar-refractivity contribution in [3.05, 3.63) is 29.8 Å². The molecule has 0 spiro atoms. The molecule has 5 heteroatoms. The molecule has 18 heavy (non-hydrogen) atoms. The Kier molecular flexibility index (Phi) is 4.29. The Hall–Kier alpha value is -1.20. The first-order chi connectivity index (χ1) is 8.15. The van der Waals surface area contributed by atoms with E-state index < -0.39 is 15.6 Å². The molecule has 0 amide bonds. The summed E-state index contributed by atoms with van der Waals surface area (Å²) >= 11 is 0. The molecule has 0 aliphatic rings. The van der Waals surface area contributed by atoms with Crippen LogP contribution in [0, 0.1) is 0 Å². The summed E-state index contributed by atoms with van der Waals surface area (Å²) < 4.78 is 26.7. The molecule has 0 aromatic heterocycles. The third-order valence-electron chi connectivity index (χ3n) is 2.23. The molecule has 0 atom stereocenters. The SMILES string of the molecule is CCC(=O)c1cccc(S(=O)(=O)NC(C)(C)C)c1. The number of carbonyl (C=O) groups is 1. The highest BCUT2D eigenvalue weighted by atomic mass is 32.2. The number of benzene rings is 1. The van der Waals surface area contributed by atoms with Crippen LogP contribution >= 0.6 is 0 Å². The summed E-state index contributed by atoms with van der Waals surface area (Å²) in [6.07, 6.45) is 0.357. The zero-order chi connectivity index (χ0) is 14.0. The number of nitrogens with one attached hydrogen (secondary N) is 1. The van der Waals surface area contributed by atoms with Crippen LogP contribution in [0.15, 0.2) is 29.2 Å². The van der Waals surface area contributed by atoms with Gasteiger partial charge in [-0.05, 0) is 32.9 Å². The quantitative estimate of drug-likeness (QED) is 0.853. The van der Waals surface area contributed by atoms with E-state index in [1.54, 1.807) is 39.8 Å². The third kappa shape index (κ3) is 3.92. The number of rotatable bonds is 4. The van der Waals surface area contributed by atoms with E-state index in [2.05, 4.69) is 4.72 Å². The van der Waals surface area contributed by atoms with E-state index in [1.807, 2.05) is 0 Å². The van der Waals surface area contributed by atoms with E-state index in [0.29, 0.717) is 12.0 Å². The smallest absolute Gasteiger partial charge is 0.241 e. The van der Waals surface area contributed by atoms with Crippen molar-refractivity contribution < 1.29 is 13.2 Å². The van der Waals surface area contributed by atoms with E-state index in [-0.39, 0.29) is 10.7 Å². The van der Waals surface area contributed by atoms with E-state index in [0.717, 1.165) is 0 Å². The number of hydrogen-bond donors (Lipinski definition) is 1. The van der Waals surface area contributed by atoms with Gasteiger partial charge in [0.15, 0.2) is 5.78 Å². The lowest BCUT2D eigenvalue weighted by molar-refractivity contribution is 0.0988. The lowest BCUT2D eigenvalue weighted by atomic mass is 10.1. The predicted molar refractivity (Wildman–Crippen MR) is 71.1 cm³/mol. The maximum atomic E-state index is 12.1. The fraction of sp³-hybridized carbons (Fsp3) is 0.462. The van der Waals surface area contributed by atoms with Crippen molar-refractivity contribution in [3.63, 3.8) is 0 Å². The van der Waals surface area contributed by atoms with Gasteiger partial charge in [0, 0.05) is 17.5 Å². The van der Waals surface area contributed by atoms with Crippen molar-refractivity contribution in [2.24, 2.45) is 0 Å². The normalized spacial score (nSPS) is 12.4. The average Bonchev–Trinajstić information content (AvgIpc) is 2.25. The van der Waals surface area contributed by atoms with Gasteiger partial charge in [-0.1, -0.05) is 19.1 Å². The van der Waals surface area contributed by atoms with Crippen LogP contribution in [0.3, 0.4) is 0 Å². The van der Waals surface area contributed by atoms with E-state index in [1.165, 1.54) is 12.1 Å². The lowest BCUT2D eigenvalue weighted by Crippen LogP contribution is -2.40. The summed E-state index contributed by atoms with van der Waals surface area (Å²) in [7, 11) is -3.58. The van der Waals surface area contributed by atoms with Gasteiger partial charge in [0.1, 0.15) is 0 Å². The summed E-state index contributed by atoms with van der Waals surface area (Å²) in [6, 6.07) is 6.11. The van der Waals surface area contributed by atoms with E-state index >= 15 is 0 Å². The summed E-state index contributed by atoms with van der Waals surface area (Å²) in [6.45, 7) is 7.06. The molecular weight excluding hydrogens is 250 g/mol. The third-order valence-corrected chi connectivity index (χ3v) is 3.98. The van der Waals surface area contributed by atoms with Gasteiger partial charge in [-0.25, -0.2) is 13.1 Å². The molecule has 0 bridgehead atoms. The van der Waals surface area contributed by atoms with Crippen molar-refractivity contribution in [2.45, 2.75) is 44.6 Å². The lowest BCUT2D eigenvalue weighted by Gasteiger charge is -2.20. The van der Waals surface area contributed by atoms with Crippen LogP contribution in [0.1, 0.15) is 44.5 Å². The number of carbonyl (C=O) groups excluding carboxylic acids is 1.